The molecule has 3 rings (SSSR count). The number of hydrogen-bond donors (Lipinski definition) is 0. The van der Waals surface area contributed by atoms with Crippen molar-refractivity contribution >= 4 is 13.2 Å². The van der Waals surface area contributed by atoms with Gasteiger partial charge < -0.3 is 14.2 Å². The molecule has 0 N–H and O–H groups in total. The maximum absolute atomic E-state index is 6.46. The summed E-state index contributed by atoms with van der Waals surface area (Å²) in [7, 11) is 2.90. The molecule has 0 aliphatic carbocycles. The van der Waals surface area contributed by atoms with Crippen LogP contribution in [0, 0.1) is 5.92 Å². The van der Waals surface area contributed by atoms with E-state index >= 15 is 0 Å². The van der Waals surface area contributed by atoms with E-state index in [0.717, 1.165) is 22.8 Å². The smallest absolute Gasteiger partial charge is 0.130 e. The first kappa shape index (κ1) is 19.0. The minimum Gasteiger partial charge on any atom is -0.496 e. The molecule has 0 radical (unpaired) electrons. The van der Waals surface area contributed by atoms with Crippen LogP contribution in [0.15, 0.2) is 36.4 Å². The third-order valence-electron chi connectivity index (χ3n) is 4.73. The number of benzene rings is 2. The molecule has 1 heterocycles. The highest BCUT2D eigenvalue weighted by molar-refractivity contribution is 7.68. The van der Waals surface area contributed by atoms with Crippen LogP contribution in [-0.2, 0) is 0 Å². The second-order valence-electron chi connectivity index (χ2n) is 7.98. The minimum absolute atomic E-state index is 0.140. The van der Waals surface area contributed by atoms with Gasteiger partial charge in [-0.15, -0.1) is 0 Å². The number of hydrogen-bond acceptors (Lipinski definition) is 3. The molecule has 0 saturated heterocycles. The molecule has 0 unspecified atom stereocenters. The number of methoxy groups -OCH3 is 2. The van der Waals surface area contributed by atoms with Crippen molar-refractivity contribution in [3.05, 3.63) is 36.4 Å². The first-order chi connectivity index (χ1) is 12.3. The molecular formula is C22H29O3P. The van der Waals surface area contributed by atoms with E-state index in [0.29, 0.717) is 5.92 Å². The summed E-state index contributed by atoms with van der Waals surface area (Å²) in [6.07, 6.45) is 0. The number of ether oxygens (including phenoxy) is 3. The van der Waals surface area contributed by atoms with E-state index in [1.807, 2.05) is 18.2 Å². The molecule has 0 spiro atoms. The largest absolute Gasteiger partial charge is 0.496 e. The second-order valence-corrected chi connectivity index (χ2v) is 11.0. The summed E-state index contributed by atoms with van der Waals surface area (Å²) in [5.74, 6) is 3.35. The highest BCUT2D eigenvalue weighted by Crippen LogP contribution is 2.62. The van der Waals surface area contributed by atoms with Crippen LogP contribution in [0.2, 0.25) is 0 Å². The van der Waals surface area contributed by atoms with Gasteiger partial charge in [-0.25, -0.2) is 0 Å². The molecule has 140 valence electrons. The Morgan fingerprint density at radius 2 is 1.54 bits per heavy atom. The average Bonchev–Trinajstić information content (AvgIpc) is 3.01. The van der Waals surface area contributed by atoms with Gasteiger partial charge in [0, 0.05) is 10.9 Å². The molecule has 2 atom stereocenters. The van der Waals surface area contributed by atoms with Gasteiger partial charge in [0.25, 0.3) is 0 Å². The summed E-state index contributed by atoms with van der Waals surface area (Å²) in [4.78, 5) is 0. The van der Waals surface area contributed by atoms with Gasteiger partial charge in [-0.05, 0) is 37.2 Å². The lowest BCUT2D eigenvalue weighted by Gasteiger charge is -2.34. The molecule has 0 amide bonds. The Morgan fingerprint density at radius 3 is 2.04 bits per heavy atom. The lowest BCUT2D eigenvalue weighted by molar-refractivity contribution is 0.240. The molecule has 3 nitrogen and oxygen atoms in total. The van der Waals surface area contributed by atoms with E-state index in [4.69, 9.17) is 14.2 Å². The van der Waals surface area contributed by atoms with Gasteiger partial charge in [0.2, 0.25) is 0 Å². The molecule has 1 aliphatic rings. The van der Waals surface area contributed by atoms with Crippen LogP contribution in [0.3, 0.4) is 0 Å². The maximum atomic E-state index is 6.46. The normalized spacial score (nSPS) is 19.2. The van der Waals surface area contributed by atoms with Gasteiger partial charge in [-0.1, -0.05) is 52.8 Å². The molecular weight excluding hydrogens is 343 g/mol. The second kappa shape index (κ2) is 7.12. The minimum atomic E-state index is -0.517. The molecule has 0 fully saturated rings. The summed E-state index contributed by atoms with van der Waals surface area (Å²) in [5, 5.41) is 1.47. The van der Waals surface area contributed by atoms with Gasteiger partial charge in [0.1, 0.15) is 23.1 Å². The van der Waals surface area contributed by atoms with E-state index in [1.165, 1.54) is 10.9 Å². The fourth-order valence-electron chi connectivity index (χ4n) is 3.65. The van der Waals surface area contributed by atoms with Crippen molar-refractivity contribution in [3.63, 3.8) is 0 Å². The van der Waals surface area contributed by atoms with Crippen LogP contribution < -0.4 is 19.5 Å². The third-order valence-corrected chi connectivity index (χ3v) is 8.33. The fourth-order valence-corrected chi connectivity index (χ4v) is 6.96. The van der Waals surface area contributed by atoms with Crippen LogP contribution in [0.5, 0.6) is 17.2 Å². The van der Waals surface area contributed by atoms with Crippen molar-refractivity contribution in [1.82, 2.24) is 0 Å². The summed E-state index contributed by atoms with van der Waals surface area (Å²) in [5.41, 5.74) is 2.18. The molecule has 2 aromatic carbocycles. The number of fused-ring (bicyclic) bond motifs is 1. The average molecular weight is 372 g/mol. The van der Waals surface area contributed by atoms with E-state index < -0.39 is 7.92 Å². The van der Waals surface area contributed by atoms with Crippen molar-refractivity contribution in [2.24, 2.45) is 5.92 Å². The van der Waals surface area contributed by atoms with Crippen molar-refractivity contribution in [2.45, 2.75) is 45.6 Å². The molecule has 0 bridgehead atoms. The van der Waals surface area contributed by atoms with Crippen LogP contribution in [0.25, 0.3) is 11.1 Å². The van der Waals surface area contributed by atoms with E-state index in [-0.39, 0.29) is 11.0 Å². The SMILES string of the molecule is COc1cccc(OC)c1-c1cccc2c1[P@@](C(C)(C)C)[C@@H](C(C)C)O2. The maximum Gasteiger partial charge on any atom is 0.130 e. The van der Waals surface area contributed by atoms with Gasteiger partial charge in [-0.3, -0.25) is 0 Å². The molecule has 0 saturated carbocycles. The predicted molar refractivity (Wildman–Crippen MR) is 111 cm³/mol. The lowest BCUT2D eigenvalue weighted by Crippen LogP contribution is -2.28. The summed E-state index contributed by atoms with van der Waals surface area (Å²) in [6, 6.07) is 12.3. The molecule has 2 aromatic rings. The van der Waals surface area contributed by atoms with Crippen LogP contribution in [0.1, 0.15) is 34.6 Å². The first-order valence-electron chi connectivity index (χ1n) is 9.10. The van der Waals surface area contributed by atoms with E-state index in [1.54, 1.807) is 14.2 Å². The van der Waals surface area contributed by atoms with Gasteiger partial charge in [0.05, 0.1) is 19.8 Å². The van der Waals surface area contributed by atoms with Crippen molar-refractivity contribution in [1.29, 1.82) is 0 Å². The monoisotopic (exact) mass is 372 g/mol. The Balaban J connectivity index is 2.29. The predicted octanol–water partition coefficient (Wildman–Crippen LogP) is 5.65. The molecule has 26 heavy (non-hydrogen) atoms. The van der Waals surface area contributed by atoms with Gasteiger partial charge in [-0.2, -0.15) is 0 Å². The standard InChI is InChI=1S/C22H29O3P/c1-14(2)21-25-18-13-8-10-15(20(18)26(21)22(3,4)5)19-16(23-6)11-9-12-17(19)24-7/h8-14,21H,1-7H3/t21-,26+/m0/s1. The lowest BCUT2D eigenvalue weighted by atomic mass is 10.0. The molecule has 1 aliphatic heterocycles. The highest BCUT2D eigenvalue weighted by Gasteiger charge is 2.44. The summed E-state index contributed by atoms with van der Waals surface area (Å²) >= 11 is 0. The van der Waals surface area contributed by atoms with Gasteiger partial charge >= 0.3 is 0 Å². The Kier molecular flexibility index (Phi) is 5.21. The highest BCUT2D eigenvalue weighted by atomic mass is 31.1. The van der Waals surface area contributed by atoms with Crippen molar-refractivity contribution in [3.8, 4) is 28.4 Å². The Morgan fingerprint density at radius 1 is 0.962 bits per heavy atom. The quantitative estimate of drug-likeness (QED) is 0.649. The van der Waals surface area contributed by atoms with Crippen LogP contribution >= 0.6 is 7.92 Å². The molecule has 0 aromatic heterocycles. The summed E-state index contributed by atoms with van der Waals surface area (Å²) < 4.78 is 17.8. The third kappa shape index (κ3) is 3.18. The Bertz CT molecular complexity index is 770. The topological polar surface area (TPSA) is 27.7 Å². The van der Waals surface area contributed by atoms with Crippen LogP contribution in [0.4, 0.5) is 0 Å². The first-order valence-corrected chi connectivity index (χ1v) is 10.5. The van der Waals surface area contributed by atoms with E-state index in [9.17, 15) is 0 Å². The zero-order valence-corrected chi connectivity index (χ0v) is 17.7. The Hall–Kier alpha value is -1.73. The van der Waals surface area contributed by atoms with Crippen molar-refractivity contribution in [2.75, 3.05) is 14.2 Å². The summed E-state index contributed by atoms with van der Waals surface area (Å²) in [6.45, 7) is 11.5. The Labute approximate surface area is 158 Å². The van der Waals surface area contributed by atoms with Gasteiger partial charge in [0.15, 0.2) is 0 Å². The zero-order valence-electron chi connectivity index (χ0n) is 16.8. The van der Waals surface area contributed by atoms with Crippen molar-refractivity contribution < 1.29 is 14.2 Å². The van der Waals surface area contributed by atoms with E-state index in [2.05, 4.69) is 52.8 Å². The number of rotatable bonds is 4. The zero-order chi connectivity index (χ0) is 19.1. The van der Waals surface area contributed by atoms with Crippen LogP contribution in [-0.4, -0.2) is 25.2 Å². The molecule has 4 heteroatoms. The fraction of sp³-hybridized carbons (Fsp3) is 0.455.